The van der Waals surface area contributed by atoms with Crippen LogP contribution >= 0.6 is 0 Å². The molecule has 0 heterocycles. The number of nitrogens with two attached hydrogens (primary N) is 1. The molecule has 1 atom stereocenters. The maximum Gasteiger partial charge on any atom is 0.314 e. The largest absolute Gasteiger partial charge is 0.450 e. The van der Waals surface area contributed by atoms with E-state index >= 15 is 0 Å². The minimum Gasteiger partial charge on any atom is -0.450 e. The van der Waals surface area contributed by atoms with Crippen LogP contribution in [0.1, 0.15) is 18.5 Å². The number of nitro groups is 1. The molecular formula is C14H12F2N2O3. The van der Waals surface area contributed by atoms with E-state index in [0.29, 0.717) is 5.56 Å². The number of ether oxygens (including phenoxy) is 1. The molecule has 21 heavy (non-hydrogen) atoms. The molecule has 0 aromatic heterocycles. The second kappa shape index (κ2) is 5.84. The van der Waals surface area contributed by atoms with E-state index in [0.717, 1.165) is 24.3 Å². The molecule has 0 spiro atoms. The number of hydrogen-bond donors (Lipinski definition) is 1. The Morgan fingerprint density at radius 3 is 2.29 bits per heavy atom. The van der Waals surface area contributed by atoms with Gasteiger partial charge in [0.15, 0.2) is 0 Å². The van der Waals surface area contributed by atoms with Gasteiger partial charge in [0.2, 0.25) is 5.75 Å². The lowest BCUT2D eigenvalue weighted by Gasteiger charge is -2.13. The molecule has 2 aromatic carbocycles. The number of halogens is 2. The maximum absolute atomic E-state index is 13.2. The molecule has 0 unspecified atom stereocenters. The topological polar surface area (TPSA) is 78.4 Å². The Hall–Kier alpha value is -2.54. The van der Waals surface area contributed by atoms with Crippen molar-refractivity contribution >= 4 is 5.69 Å². The molecule has 2 N–H and O–H groups in total. The molecule has 2 aromatic rings. The van der Waals surface area contributed by atoms with Crippen molar-refractivity contribution < 1.29 is 18.4 Å². The molecule has 0 bridgehead atoms. The van der Waals surface area contributed by atoms with Gasteiger partial charge in [0.1, 0.15) is 17.4 Å². The number of rotatable bonds is 4. The van der Waals surface area contributed by atoms with Crippen molar-refractivity contribution in [1.29, 1.82) is 0 Å². The van der Waals surface area contributed by atoms with Gasteiger partial charge in [-0.25, -0.2) is 8.78 Å². The molecule has 0 saturated carbocycles. The van der Waals surface area contributed by atoms with E-state index < -0.39 is 28.3 Å². The summed E-state index contributed by atoms with van der Waals surface area (Å²) in [4.78, 5) is 10.2. The van der Waals surface area contributed by atoms with Gasteiger partial charge in [-0.05, 0) is 37.3 Å². The van der Waals surface area contributed by atoms with Crippen LogP contribution in [0.15, 0.2) is 36.4 Å². The monoisotopic (exact) mass is 294 g/mol. The van der Waals surface area contributed by atoms with Crippen molar-refractivity contribution in [2.45, 2.75) is 13.0 Å². The molecule has 0 fully saturated rings. The summed E-state index contributed by atoms with van der Waals surface area (Å²) < 4.78 is 31.7. The summed E-state index contributed by atoms with van der Waals surface area (Å²) in [6.45, 7) is 1.63. The average molecular weight is 294 g/mol. The van der Waals surface area contributed by atoms with Crippen LogP contribution in [0.5, 0.6) is 11.5 Å². The number of nitrogens with zero attached hydrogens (tertiary/aromatic N) is 1. The fourth-order valence-electron chi connectivity index (χ4n) is 1.81. The standard InChI is InChI=1S/C14H12F2N2O3/c1-8(17)11-6-9(15)2-4-13(11)21-14-5-3-10(16)7-12(14)18(19)20/h2-8H,17H2,1H3/t8-/m0/s1. The lowest BCUT2D eigenvalue weighted by Crippen LogP contribution is -2.07. The van der Waals surface area contributed by atoms with Gasteiger partial charge in [-0.1, -0.05) is 0 Å². The van der Waals surface area contributed by atoms with Crippen LogP contribution in [0, 0.1) is 21.7 Å². The first-order valence-electron chi connectivity index (χ1n) is 6.05. The summed E-state index contributed by atoms with van der Waals surface area (Å²) in [5, 5.41) is 10.9. The van der Waals surface area contributed by atoms with E-state index in [-0.39, 0.29) is 11.5 Å². The lowest BCUT2D eigenvalue weighted by molar-refractivity contribution is -0.385. The maximum atomic E-state index is 13.2. The van der Waals surface area contributed by atoms with Crippen molar-refractivity contribution in [2.75, 3.05) is 0 Å². The van der Waals surface area contributed by atoms with Crippen molar-refractivity contribution in [2.24, 2.45) is 5.73 Å². The first-order chi connectivity index (χ1) is 9.88. The zero-order valence-corrected chi connectivity index (χ0v) is 11.0. The van der Waals surface area contributed by atoms with Gasteiger partial charge in [0, 0.05) is 11.6 Å². The first kappa shape index (κ1) is 14.9. The SMILES string of the molecule is C[C@H](N)c1cc(F)ccc1Oc1ccc(F)cc1[N+](=O)[O-]. The lowest BCUT2D eigenvalue weighted by atomic mass is 10.1. The summed E-state index contributed by atoms with van der Waals surface area (Å²) in [6.07, 6.45) is 0. The molecule has 5 nitrogen and oxygen atoms in total. The second-order valence-electron chi connectivity index (χ2n) is 4.44. The summed E-state index contributed by atoms with van der Waals surface area (Å²) in [7, 11) is 0. The number of nitro benzene ring substituents is 1. The second-order valence-corrected chi connectivity index (χ2v) is 4.44. The van der Waals surface area contributed by atoms with Crippen molar-refractivity contribution in [1.82, 2.24) is 0 Å². The summed E-state index contributed by atoms with van der Waals surface area (Å²) >= 11 is 0. The Labute approximate surface area is 119 Å². The average Bonchev–Trinajstić information content (AvgIpc) is 2.42. The van der Waals surface area contributed by atoms with Gasteiger partial charge in [0.05, 0.1) is 11.0 Å². The molecule has 7 heteroatoms. The number of hydrogen-bond acceptors (Lipinski definition) is 4. The number of benzene rings is 2. The van der Waals surface area contributed by atoms with Crippen LogP contribution < -0.4 is 10.5 Å². The summed E-state index contributed by atoms with van der Waals surface area (Å²) in [5.41, 5.74) is 5.56. The molecule has 0 saturated heterocycles. The zero-order chi connectivity index (χ0) is 15.6. The quantitative estimate of drug-likeness (QED) is 0.689. The van der Waals surface area contributed by atoms with E-state index in [1.54, 1.807) is 6.92 Å². The van der Waals surface area contributed by atoms with Gasteiger partial charge >= 0.3 is 5.69 Å². The van der Waals surface area contributed by atoms with Gasteiger partial charge in [0.25, 0.3) is 0 Å². The van der Waals surface area contributed by atoms with E-state index in [1.165, 1.54) is 12.1 Å². The fraction of sp³-hybridized carbons (Fsp3) is 0.143. The van der Waals surface area contributed by atoms with Crippen LogP contribution in [0.4, 0.5) is 14.5 Å². The van der Waals surface area contributed by atoms with Crippen molar-refractivity contribution in [3.63, 3.8) is 0 Å². The Morgan fingerprint density at radius 2 is 1.71 bits per heavy atom. The Kier molecular flexibility index (Phi) is 4.13. The third-order valence-electron chi connectivity index (χ3n) is 2.80. The van der Waals surface area contributed by atoms with Gasteiger partial charge < -0.3 is 10.5 Å². The third-order valence-corrected chi connectivity index (χ3v) is 2.80. The summed E-state index contributed by atoms with van der Waals surface area (Å²) in [6, 6.07) is 6.06. The van der Waals surface area contributed by atoms with E-state index in [1.807, 2.05) is 0 Å². The normalized spacial score (nSPS) is 12.0. The van der Waals surface area contributed by atoms with Crippen LogP contribution in [0.2, 0.25) is 0 Å². The smallest absolute Gasteiger partial charge is 0.314 e. The van der Waals surface area contributed by atoms with Crippen LogP contribution in [-0.4, -0.2) is 4.92 Å². The Bertz CT molecular complexity index is 690. The fourth-order valence-corrected chi connectivity index (χ4v) is 1.81. The highest BCUT2D eigenvalue weighted by Gasteiger charge is 2.19. The molecule has 0 aliphatic heterocycles. The van der Waals surface area contributed by atoms with Crippen LogP contribution in [-0.2, 0) is 0 Å². The Balaban J connectivity index is 2.46. The van der Waals surface area contributed by atoms with Crippen LogP contribution in [0.25, 0.3) is 0 Å². The minimum atomic E-state index is -0.756. The molecular weight excluding hydrogens is 282 g/mol. The zero-order valence-electron chi connectivity index (χ0n) is 11.0. The van der Waals surface area contributed by atoms with E-state index in [4.69, 9.17) is 10.5 Å². The van der Waals surface area contributed by atoms with E-state index in [9.17, 15) is 18.9 Å². The highest BCUT2D eigenvalue weighted by Crippen LogP contribution is 2.35. The molecule has 0 amide bonds. The molecule has 2 rings (SSSR count). The van der Waals surface area contributed by atoms with Crippen molar-refractivity contribution in [3.8, 4) is 11.5 Å². The molecule has 110 valence electrons. The van der Waals surface area contributed by atoms with E-state index in [2.05, 4.69) is 0 Å². The molecule has 0 aliphatic rings. The van der Waals surface area contributed by atoms with Gasteiger partial charge in [-0.3, -0.25) is 10.1 Å². The van der Waals surface area contributed by atoms with Crippen LogP contribution in [0.3, 0.4) is 0 Å². The van der Waals surface area contributed by atoms with Gasteiger partial charge in [-0.2, -0.15) is 0 Å². The molecule has 0 radical (unpaired) electrons. The first-order valence-corrected chi connectivity index (χ1v) is 6.05. The minimum absolute atomic E-state index is 0.144. The summed E-state index contributed by atoms with van der Waals surface area (Å²) in [5.74, 6) is -1.21. The predicted molar refractivity (Wildman–Crippen MR) is 72.1 cm³/mol. The molecule has 0 aliphatic carbocycles. The van der Waals surface area contributed by atoms with Gasteiger partial charge in [-0.15, -0.1) is 0 Å². The predicted octanol–water partition coefficient (Wildman–Crippen LogP) is 3.69. The third kappa shape index (κ3) is 3.32. The highest BCUT2D eigenvalue weighted by atomic mass is 19.1. The highest BCUT2D eigenvalue weighted by molar-refractivity contribution is 5.50. The Morgan fingerprint density at radius 1 is 1.14 bits per heavy atom. The van der Waals surface area contributed by atoms with Crippen molar-refractivity contribution in [3.05, 3.63) is 63.7 Å².